The van der Waals surface area contributed by atoms with Crippen LogP contribution in [0.5, 0.6) is 0 Å². The highest BCUT2D eigenvalue weighted by Crippen LogP contribution is 2.25. The summed E-state index contributed by atoms with van der Waals surface area (Å²) in [6.45, 7) is 1.44. The van der Waals surface area contributed by atoms with Crippen molar-refractivity contribution >= 4 is 40.7 Å². The summed E-state index contributed by atoms with van der Waals surface area (Å²) in [4.78, 5) is 30.6. The van der Waals surface area contributed by atoms with E-state index in [1.807, 2.05) is 19.0 Å². The van der Waals surface area contributed by atoms with Gasteiger partial charge in [0.2, 0.25) is 0 Å². The fourth-order valence-corrected chi connectivity index (χ4v) is 2.46. The largest absolute Gasteiger partial charge is 0.352 e. The lowest BCUT2D eigenvalue weighted by Crippen LogP contribution is -2.27. The highest BCUT2D eigenvalue weighted by molar-refractivity contribution is 6.42. The van der Waals surface area contributed by atoms with Crippen molar-refractivity contribution < 1.29 is 9.59 Å². The lowest BCUT2D eigenvalue weighted by atomic mass is 10.2. The molecule has 0 atom stereocenters. The van der Waals surface area contributed by atoms with Crippen LogP contribution in [-0.2, 0) is 0 Å². The van der Waals surface area contributed by atoms with Crippen molar-refractivity contribution in [2.24, 2.45) is 0 Å². The maximum atomic E-state index is 12.3. The van der Waals surface area contributed by atoms with Crippen molar-refractivity contribution in [3.05, 3.63) is 57.8 Å². The molecular formula is C18H20Cl2N4O2. The molecule has 0 aliphatic carbocycles. The molecule has 1 heterocycles. The molecule has 26 heavy (non-hydrogen) atoms. The highest BCUT2D eigenvalue weighted by Gasteiger charge is 2.12. The molecule has 1 aromatic heterocycles. The minimum absolute atomic E-state index is 0.136. The van der Waals surface area contributed by atoms with Crippen LogP contribution in [0.1, 0.15) is 27.3 Å². The molecule has 2 N–H and O–H groups in total. The van der Waals surface area contributed by atoms with Crippen LogP contribution in [0.4, 0.5) is 5.69 Å². The second-order valence-electron chi connectivity index (χ2n) is 5.93. The van der Waals surface area contributed by atoms with Crippen molar-refractivity contribution in [1.82, 2.24) is 15.2 Å². The predicted molar refractivity (Wildman–Crippen MR) is 104 cm³/mol. The fraction of sp³-hybridized carbons (Fsp3) is 0.278. The predicted octanol–water partition coefficient (Wildman–Crippen LogP) is 3.32. The normalized spacial score (nSPS) is 10.7. The van der Waals surface area contributed by atoms with Crippen molar-refractivity contribution in [2.45, 2.75) is 6.42 Å². The summed E-state index contributed by atoms with van der Waals surface area (Å²) in [6.07, 6.45) is 2.27. The Bertz CT molecular complexity index is 797. The molecule has 138 valence electrons. The maximum Gasteiger partial charge on any atom is 0.274 e. The second-order valence-corrected chi connectivity index (χ2v) is 6.74. The smallest absolute Gasteiger partial charge is 0.274 e. The Hall–Kier alpha value is -2.15. The van der Waals surface area contributed by atoms with Crippen LogP contribution in [0.25, 0.3) is 0 Å². The Labute approximate surface area is 162 Å². The number of hydrogen-bond acceptors (Lipinski definition) is 4. The first-order valence-electron chi connectivity index (χ1n) is 8.02. The van der Waals surface area contributed by atoms with Gasteiger partial charge in [-0.05, 0) is 57.4 Å². The molecule has 0 radical (unpaired) electrons. The summed E-state index contributed by atoms with van der Waals surface area (Å²) >= 11 is 11.8. The van der Waals surface area contributed by atoms with E-state index in [0.717, 1.165) is 13.0 Å². The number of benzene rings is 1. The van der Waals surface area contributed by atoms with Crippen molar-refractivity contribution in [3.63, 3.8) is 0 Å². The number of amides is 2. The highest BCUT2D eigenvalue weighted by atomic mass is 35.5. The quantitative estimate of drug-likeness (QED) is 0.706. The Morgan fingerprint density at radius 3 is 2.54 bits per heavy atom. The molecule has 2 rings (SSSR count). The molecule has 6 nitrogen and oxygen atoms in total. The summed E-state index contributed by atoms with van der Waals surface area (Å²) in [5, 5.41) is 6.24. The van der Waals surface area contributed by atoms with Crippen LogP contribution in [-0.4, -0.2) is 48.9 Å². The molecule has 0 spiro atoms. The summed E-state index contributed by atoms with van der Waals surface area (Å²) in [6, 6.07) is 7.78. The van der Waals surface area contributed by atoms with Gasteiger partial charge in [-0.25, -0.2) is 0 Å². The van der Waals surface area contributed by atoms with Crippen molar-refractivity contribution in [2.75, 3.05) is 32.5 Å². The summed E-state index contributed by atoms with van der Waals surface area (Å²) in [7, 11) is 3.95. The van der Waals surface area contributed by atoms with E-state index in [-0.39, 0.29) is 11.6 Å². The Kier molecular flexibility index (Phi) is 7.38. The van der Waals surface area contributed by atoms with Crippen LogP contribution in [0.3, 0.4) is 0 Å². The lowest BCUT2D eigenvalue weighted by Gasteiger charge is -2.10. The van der Waals surface area contributed by atoms with Gasteiger partial charge in [0.05, 0.1) is 10.0 Å². The third-order valence-corrected chi connectivity index (χ3v) is 4.24. The van der Waals surface area contributed by atoms with Gasteiger partial charge in [0.25, 0.3) is 11.8 Å². The topological polar surface area (TPSA) is 74.3 Å². The fourth-order valence-electron chi connectivity index (χ4n) is 2.16. The Morgan fingerprint density at radius 2 is 1.85 bits per heavy atom. The van der Waals surface area contributed by atoms with E-state index in [1.54, 1.807) is 24.3 Å². The van der Waals surface area contributed by atoms with E-state index in [0.29, 0.717) is 27.8 Å². The maximum absolute atomic E-state index is 12.3. The second kappa shape index (κ2) is 9.52. The van der Waals surface area contributed by atoms with E-state index in [9.17, 15) is 9.59 Å². The molecule has 0 saturated heterocycles. The van der Waals surface area contributed by atoms with Gasteiger partial charge in [-0.15, -0.1) is 0 Å². The standard InChI is InChI=1S/C18H20Cl2N4O2/c1-24(2)9-3-7-22-17(25)12-6-8-21-16(10-12)18(26)23-13-4-5-14(19)15(20)11-13/h4-6,8,10-11H,3,7,9H2,1-2H3,(H,22,25)(H,23,26). The number of nitrogens with one attached hydrogen (secondary N) is 2. The molecule has 2 amide bonds. The number of carbonyl (C=O) groups excluding carboxylic acids is 2. The lowest BCUT2D eigenvalue weighted by molar-refractivity contribution is 0.0952. The average molecular weight is 395 g/mol. The van der Waals surface area contributed by atoms with Crippen LogP contribution in [0, 0.1) is 0 Å². The molecule has 0 fully saturated rings. The Balaban J connectivity index is 1.99. The first-order chi connectivity index (χ1) is 12.4. The molecular weight excluding hydrogens is 375 g/mol. The SMILES string of the molecule is CN(C)CCCNC(=O)c1ccnc(C(=O)Nc2ccc(Cl)c(Cl)c2)c1. The average Bonchev–Trinajstić information content (AvgIpc) is 2.61. The molecule has 0 aliphatic heterocycles. The van der Waals surface area contributed by atoms with E-state index >= 15 is 0 Å². The van der Waals surface area contributed by atoms with Gasteiger partial charge in [-0.1, -0.05) is 23.2 Å². The zero-order valence-electron chi connectivity index (χ0n) is 14.6. The molecule has 0 unspecified atom stereocenters. The third kappa shape index (κ3) is 5.98. The monoisotopic (exact) mass is 394 g/mol. The summed E-state index contributed by atoms with van der Waals surface area (Å²) in [5.41, 5.74) is 1.01. The third-order valence-electron chi connectivity index (χ3n) is 3.50. The molecule has 2 aromatic rings. The first-order valence-corrected chi connectivity index (χ1v) is 8.78. The minimum Gasteiger partial charge on any atom is -0.352 e. The molecule has 1 aromatic carbocycles. The summed E-state index contributed by atoms with van der Waals surface area (Å²) in [5.74, 6) is -0.680. The zero-order valence-corrected chi connectivity index (χ0v) is 16.1. The van der Waals surface area contributed by atoms with Crippen LogP contribution >= 0.6 is 23.2 Å². The number of aromatic nitrogens is 1. The molecule has 0 aliphatic rings. The number of rotatable bonds is 7. The van der Waals surface area contributed by atoms with Gasteiger partial charge < -0.3 is 15.5 Å². The number of halogens is 2. The van der Waals surface area contributed by atoms with Crippen molar-refractivity contribution in [1.29, 1.82) is 0 Å². The van der Waals surface area contributed by atoms with Gasteiger partial charge in [-0.2, -0.15) is 0 Å². The zero-order chi connectivity index (χ0) is 19.1. The van der Waals surface area contributed by atoms with Crippen molar-refractivity contribution in [3.8, 4) is 0 Å². The van der Waals surface area contributed by atoms with E-state index < -0.39 is 5.91 Å². The van der Waals surface area contributed by atoms with E-state index in [2.05, 4.69) is 15.6 Å². The molecule has 0 saturated carbocycles. The number of anilines is 1. The van der Waals surface area contributed by atoms with Gasteiger partial charge in [0, 0.05) is 24.0 Å². The molecule has 8 heteroatoms. The van der Waals surface area contributed by atoms with Gasteiger partial charge in [0.1, 0.15) is 5.69 Å². The summed E-state index contributed by atoms with van der Waals surface area (Å²) < 4.78 is 0. The number of carbonyl (C=O) groups is 2. The van der Waals surface area contributed by atoms with Crippen LogP contribution < -0.4 is 10.6 Å². The van der Waals surface area contributed by atoms with Gasteiger partial charge in [0.15, 0.2) is 0 Å². The number of nitrogens with zero attached hydrogens (tertiary/aromatic N) is 2. The minimum atomic E-state index is -0.439. The molecule has 0 bridgehead atoms. The number of hydrogen-bond donors (Lipinski definition) is 2. The number of pyridine rings is 1. The van der Waals surface area contributed by atoms with Crippen LogP contribution in [0.15, 0.2) is 36.5 Å². The van der Waals surface area contributed by atoms with E-state index in [4.69, 9.17) is 23.2 Å². The van der Waals surface area contributed by atoms with Gasteiger partial charge >= 0.3 is 0 Å². The van der Waals surface area contributed by atoms with E-state index in [1.165, 1.54) is 12.3 Å². The van der Waals surface area contributed by atoms with Crippen LogP contribution in [0.2, 0.25) is 10.0 Å². The first kappa shape index (κ1) is 20.2. The van der Waals surface area contributed by atoms with Gasteiger partial charge in [-0.3, -0.25) is 14.6 Å². The Morgan fingerprint density at radius 1 is 1.08 bits per heavy atom.